The summed E-state index contributed by atoms with van der Waals surface area (Å²) in [6, 6.07) is 9.06. The molecule has 3 rings (SSSR count). The molecule has 1 aliphatic rings. The van der Waals surface area contributed by atoms with E-state index in [1.807, 2.05) is 6.20 Å². The van der Waals surface area contributed by atoms with Crippen molar-refractivity contribution in [2.75, 3.05) is 12.4 Å². The van der Waals surface area contributed by atoms with Gasteiger partial charge in [0.25, 0.3) is 0 Å². The summed E-state index contributed by atoms with van der Waals surface area (Å²) < 4.78 is 1.65. The summed E-state index contributed by atoms with van der Waals surface area (Å²) in [7, 11) is 1.63. The topological polar surface area (TPSA) is 59.0 Å². The van der Waals surface area contributed by atoms with Gasteiger partial charge in [-0.1, -0.05) is 24.3 Å². The number of aryl methyl sites for hydroxylation is 1. The summed E-state index contributed by atoms with van der Waals surface area (Å²) >= 11 is 0. The Labute approximate surface area is 124 Å². The van der Waals surface area contributed by atoms with Crippen LogP contribution in [0.1, 0.15) is 17.5 Å². The van der Waals surface area contributed by atoms with Crippen molar-refractivity contribution in [2.45, 2.75) is 31.8 Å². The van der Waals surface area contributed by atoms with Gasteiger partial charge in [-0.2, -0.15) is 5.10 Å². The molecule has 1 atom stereocenters. The molecule has 0 aliphatic heterocycles. The molecule has 0 saturated heterocycles. The third-order valence-corrected chi connectivity index (χ3v) is 3.94. The van der Waals surface area contributed by atoms with Crippen LogP contribution in [0.5, 0.6) is 0 Å². The Morgan fingerprint density at radius 3 is 3.00 bits per heavy atom. The molecule has 0 spiro atoms. The Kier molecular flexibility index (Phi) is 3.90. The zero-order valence-electron chi connectivity index (χ0n) is 12.2. The van der Waals surface area contributed by atoms with Crippen LogP contribution in [0.2, 0.25) is 0 Å². The molecular formula is C16H20N4O. The standard InChI is InChI=1S/C16H20N4O/c1-17-16(21)11-20-10-15(9-18-20)19-14-7-6-12-4-2-3-5-13(12)8-14/h2-5,9-10,14,19H,6-8,11H2,1H3,(H,17,21). The normalized spacial score (nSPS) is 17.1. The zero-order chi connectivity index (χ0) is 14.7. The average molecular weight is 284 g/mol. The van der Waals surface area contributed by atoms with Gasteiger partial charge < -0.3 is 10.6 Å². The number of hydrogen-bond donors (Lipinski definition) is 2. The SMILES string of the molecule is CNC(=O)Cn1cc(NC2CCc3ccccc3C2)cn1. The Morgan fingerprint density at radius 2 is 2.19 bits per heavy atom. The monoisotopic (exact) mass is 284 g/mol. The third kappa shape index (κ3) is 3.24. The maximum absolute atomic E-state index is 11.3. The molecule has 5 nitrogen and oxygen atoms in total. The van der Waals surface area contributed by atoms with Gasteiger partial charge in [0.05, 0.1) is 11.9 Å². The van der Waals surface area contributed by atoms with E-state index in [-0.39, 0.29) is 12.5 Å². The largest absolute Gasteiger partial charge is 0.379 e. The minimum absolute atomic E-state index is 0.0451. The van der Waals surface area contributed by atoms with E-state index in [1.165, 1.54) is 11.1 Å². The molecule has 1 aromatic heterocycles. The highest BCUT2D eigenvalue weighted by molar-refractivity contribution is 5.75. The summed E-state index contributed by atoms with van der Waals surface area (Å²) in [4.78, 5) is 11.3. The number of anilines is 1. The number of hydrogen-bond acceptors (Lipinski definition) is 3. The van der Waals surface area contributed by atoms with Crippen molar-refractivity contribution in [3.63, 3.8) is 0 Å². The van der Waals surface area contributed by atoms with Gasteiger partial charge in [0.1, 0.15) is 6.54 Å². The molecule has 0 saturated carbocycles. The molecule has 1 heterocycles. The fraction of sp³-hybridized carbons (Fsp3) is 0.375. The Balaban J connectivity index is 1.62. The predicted molar refractivity (Wildman–Crippen MR) is 82.2 cm³/mol. The highest BCUT2D eigenvalue weighted by atomic mass is 16.1. The number of amides is 1. The van der Waals surface area contributed by atoms with E-state index in [0.29, 0.717) is 6.04 Å². The maximum Gasteiger partial charge on any atom is 0.241 e. The number of aromatic nitrogens is 2. The van der Waals surface area contributed by atoms with Crippen LogP contribution >= 0.6 is 0 Å². The molecule has 110 valence electrons. The van der Waals surface area contributed by atoms with Gasteiger partial charge >= 0.3 is 0 Å². The molecule has 5 heteroatoms. The van der Waals surface area contributed by atoms with Crippen molar-refractivity contribution >= 4 is 11.6 Å². The van der Waals surface area contributed by atoms with Crippen LogP contribution in [0, 0.1) is 0 Å². The second kappa shape index (κ2) is 5.99. The molecule has 2 aromatic rings. The van der Waals surface area contributed by atoms with E-state index in [4.69, 9.17) is 0 Å². The Hall–Kier alpha value is -2.30. The molecule has 0 radical (unpaired) electrons. The van der Waals surface area contributed by atoms with E-state index in [9.17, 15) is 4.79 Å². The molecule has 21 heavy (non-hydrogen) atoms. The number of benzene rings is 1. The Bertz CT molecular complexity index is 635. The second-order valence-electron chi connectivity index (χ2n) is 5.45. The van der Waals surface area contributed by atoms with E-state index >= 15 is 0 Å². The third-order valence-electron chi connectivity index (χ3n) is 3.94. The van der Waals surface area contributed by atoms with Crippen LogP contribution < -0.4 is 10.6 Å². The molecule has 2 N–H and O–H groups in total. The lowest BCUT2D eigenvalue weighted by Gasteiger charge is -2.25. The van der Waals surface area contributed by atoms with Crippen LogP contribution in [0.15, 0.2) is 36.7 Å². The van der Waals surface area contributed by atoms with Gasteiger partial charge in [0, 0.05) is 19.3 Å². The van der Waals surface area contributed by atoms with E-state index < -0.39 is 0 Å². The number of rotatable bonds is 4. The summed E-state index contributed by atoms with van der Waals surface area (Å²) in [6.45, 7) is 0.256. The van der Waals surface area contributed by atoms with Gasteiger partial charge in [0.2, 0.25) is 5.91 Å². The minimum Gasteiger partial charge on any atom is -0.379 e. The van der Waals surface area contributed by atoms with Crippen LogP contribution in [0.25, 0.3) is 0 Å². The van der Waals surface area contributed by atoms with Crippen molar-refractivity contribution in [1.29, 1.82) is 0 Å². The Morgan fingerprint density at radius 1 is 1.38 bits per heavy atom. The molecule has 0 bridgehead atoms. The van der Waals surface area contributed by atoms with E-state index in [0.717, 1.165) is 24.9 Å². The number of carbonyl (C=O) groups excluding carboxylic acids is 1. The van der Waals surface area contributed by atoms with Crippen LogP contribution in [-0.4, -0.2) is 28.8 Å². The average Bonchev–Trinajstić information content (AvgIpc) is 2.94. The number of likely N-dealkylation sites (N-methyl/N-ethyl adjacent to an activating group) is 1. The zero-order valence-corrected chi connectivity index (χ0v) is 12.2. The summed E-state index contributed by atoms with van der Waals surface area (Å²) in [6.07, 6.45) is 6.94. The second-order valence-corrected chi connectivity index (χ2v) is 5.45. The first-order chi connectivity index (χ1) is 10.2. The summed E-state index contributed by atoms with van der Waals surface area (Å²) in [5.74, 6) is -0.0451. The molecule has 1 unspecified atom stereocenters. The van der Waals surface area contributed by atoms with Crippen LogP contribution in [-0.2, 0) is 24.2 Å². The molecule has 1 amide bonds. The predicted octanol–water partition coefficient (Wildman–Crippen LogP) is 1.60. The number of nitrogens with zero attached hydrogens (tertiary/aromatic N) is 2. The highest BCUT2D eigenvalue weighted by Gasteiger charge is 2.18. The van der Waals surface area contributed by atoms with Crippen molar-refractivity contribution in [2.24, 2.45) is 0 Å². The fourth-order valence-electron chi connectivity index (χ4n) is 2.81. The first kappa shape index (κ1) is 13.7. The quantitative estimate of drug-likeness (QED) is 0.896. The smallest absolute Gasteiger partial charge is 0.241 e. The first-order valence-electron chi connectivity index (χ1n) is 7.31. The first-order valence-corrected chi connectivity index (χ1v) is 7.31. The van der Waals surface area contributed by atoms with Gasteiger partial charge in [-0.3, -0.25) is 9.48 Å². The minimum atomic E-state index is -0.0451. The highest BCUT2D eigenvalue weighted by Crippen LogP contribution is 2.23. The van der Waals surface area contributed by atoms with Gasteiger partial charge in [0.15, 0.2) is 0 Å². The van der Waals surface area contributed by atoms with Gasteiger partial charge in [-0.05, 0) is 30.4 Å². The summed E-state index contributed by atoms with van der Waals surface area (Å²) in [5, 5.41) is 10.3. The summed E-state index contributed by atoms with van der Waals surface area (Å²) in [5.41, 5.74) is 3.87. The van der Waals surface area contributed by atoms with E-state index in [1.54, 1.807) is 17.9 Å². The molecule has 0 fully saturated rings. The van der Waals surface area contributed by atoms with Crippen molar-refractivity contribution < 1.29 is 4.79 Å². The lowest BCUT2D eigenvalue weighted by molar-refractivity contribution is -0.121. The lowest BCUT2D eigenvalue weighted by atomic mass is 9.88. The molecular weight excluding hydrogens is 264 g/mol. The van der Waals surface area contributed by atoms with Gasteiger partial charge in [-0.15, -0.1) is 0 Å². The van der Waals surface area contributed by atoms with Crippen molar-refractivity contribution in [3.05, 3.63) is 47.8 Å². The number of fused-ring (bicyclic) bond motifs is 1. The molecule has 1 aromatic carbocycles. The van der Waals surface area contributed by atoms with Crippen molar-refractivity contribution in [1.82, 2.24) is 15.1 Å². The van der Waals surface area contributed by atoms with E-state index in [2.05, 4.69) is 40.0 Å². The lowest BCUT2D eigenvalue weighted by Crippen LogP contribution is -2.27. The van der Waals surface area contributed by atoms with Gasteiger partial charge in [-0.25, -0.2) is 0 Å². The van der Waals surface area contributed by atoms with Crippen LogP contribution in [0.3, 0.4) is 0 Å². The van der Waals surface area contributed by atoms with Crippen LogP contribution in [0.4, 0.5) is 5.69 Å². The fourth-order valence-corrected chi connectivity index (χ4v) is 2.81. The number of nitrogens with one attached hydrogen (secondary N) is 2. The molecule has 1 aliphatic carbocycles. The maximum atomic E-state index is 11.3. The van der Waals surface area contributed by atoms with Crippen molar-refractivity contribution in [3.8, 4) is 0 Å². The number of carbonyl (C=O) groups is 1.